The number of thiophene rings is 1. The summed E-state index contributed by atoms with van der Waals surface area (Å²) in [6.45, 7) is 6.66. The molecule has 5 heteroatoms. The van der Waals surface area contributed by atoms with Crippen LogP contribution in [-0.2, 0) is 0 Å². The highest BCUT2D eigenvalue weighted by Gasteiger charge is 2.21. The first-order chi connectivity index (χ1) is 31.1. The van der Waals surface area contributed by atoms with Crippen LogP contribution in [0.5, 0.6) is 0 Å². The third-order valence-corrected chi connectivity index (χ3v) is 13.0. The van der Waals surface area contributed by atoms with Gasteiger partial charge in [-0.25, -0.2) is 15.0 Å². The topological polar surface area (TPSA) is 43.6 Å². The third-order valence-electron chi connectivity index (χ3n) is 11.8. The van der Waals surface area contributed by atoms with Gasteiger partial charge < -0.3 is 4.57 Å². The van der Waals surface area contributed by atoms with Gasteiger partial charge in [0, 0.05) is 48.6 Å². The summed E-state index contributed by atoms with van der Waals surface area (Å²) in [7, 11) is 0. The lowest BCUT2D eigenvalue weighted by atomic mass is 9.98. The zero-order chi connectivity index (χ0) is 42.3. The van der Waals surface area contributed by atoms with E-state index < -0.39 is 0 Å². The number of para-hydroxylation sites is 1. The van der Waals surface area contributed by atoms with Crippen molar-refractivity contribution in [1.29, 1.82) is 0 Å². The van der Waals surface area contributed by atoms with Gasteiger partial charge in [0.1, 0.15) is 0 Å². The van der Waals surface area contributed by atoms with Crippen molar-refractivity contribution in [1.82, 2.24) is 19.5 Å². The highest BCUT2D eigenvalue weighted by molar-refractivity contribution is 7.26. The zero-order valence-electron chi connectivity index (χ0n) is 34.6. The lowest BCUT2D eigenvalue weighted by Crippen LogP contribution is -2.03. The summed E-state index contributed by atoms with van der Waals surface area (Å²) < 4.78 is 4.97. The van der Waals surface area contributed by atoms with E-state index in [0.717, 1.165) is 61.3 Å². The Balaban J connectivity index is 1.12. The summed E-state index contributed by atoms with van der Waals surface area (Å²) in [5, 5.41) is 4.99. The molecule has 0 fully saturated rings. The van der Waals surface area contributed by atoms with Crippen molar-refractivity contribution in [2.24, 2.45) is 0 Å². The maximum Gasteiger partial charge on any atom is 0.164 e. The number of nitrogens with zero attached hydrogens (tertiary/aromatic N) is 4. The van der Waals surface area contributed by atoms with Gasteiger partial charge in [-0.05, 0) is 70.6 Å². The van der Waals surface area contributed by atoms with Crippen molar-refractivity contribution >= 4 is 58.9 Å². The zero-order valence-corrected chi connectivity index (χ0v) is 35.4. The summed E-state index contributed by atoms with van der Waals surface area (Å²) in [6.07, 6.45) is 8.14. The van der Waals surface area contributed by atoms with Crippen LogP contribution in [0.2, 0.25) is 0 Å². The van der Waals surface area contributed by atoms with Crippen LogP contribution >= 0.6 is 11.3 Å². The van der Waals surface area contributed by atoms with E-state index in [1.165, 1.54) is 36.5 Å². The Morgan fingerprint density at radius 3 is 1.68 bits per heavy atom. The molecule has 63 heavy (non-hydrogen) atoms. The van der Waals surface area contributed by atoms with E-state index in [-0.39, 0.29) is 0 Å². The minimum Gasteiger partial charge on any atom is -0.308 e. The fraction of sp³-hybridized carbons (Fsp3) is 0.0172. The largest absolute Gasteiger partial charge is 0.308 e. The monoisotopic (exact) mass is 824 g/mol. The summed E-state index contributed by atoms with van der Waals surface area (Å²) in [5.41, 5.74) is 12.4. The highest BCUT2D eigenvalue weighted by atomic mass is 32.1. The second kappa shape index (κ2) is 16.1. The third kappa shape index (κ3) is 6.95. The molecule has 0 spiro atoms. The fourth-order valence-corrected chi connectivity index (χ4v) is 9.88. The molecule has 0 atom stereocenters. The molecule has 0 radical (unpaired) electrons. The molecule has 298 valence electrons. The normalized spacial score (nSPS) is 11.8. The Hall–Kier alpha value is -7.99. The molecular weight excluding hydrogens is 785 g/mol. The Bertz CT molecular complexity index is 3460. The number of hydrogen-bond acceptors (Lipinski definition) is 4. The lowest BCUT2D eigenvalue weighted by molar-refractivity contribution is 1.07. The maximum atomic E-state index is 5.26. The average molecular weight is 825 g/mol. The quantitative estimate of drug-likeness (QED) is 0.136. The van der Waals surface area contributed by atoms with Gasteiger partial charge in [-0.1, -0.05) is 189 Å². The van der Waals surface area contributed by atoms with Crippen LogP contribution < -0.4 is 0 Å². The SMILES string of the molecule is C=C(/C=C\C=C/C)c1cc(-n2c3ccccc3c3ccc4c5ccccc5sc4c32)ccc1-c1nc(-c2ccc(-c3ccccc3)cc2)nc(-c2ccc(-c3ccccc3)cc2)n1. The Morgan fingerprint density at radius 1 is 0.492 bits per heavy atom. The molecule has 0 bridgehead atoms. The van der Waals surface area contributed by atoms with Crippen molar-refractivity contribution in [2.45, 2.75) is 6.92 Å². The van der Waals surface area contributed by atoms with Crippen LogP contribution in [0.1, 0.15) is 12.5 Å². The molecule has 8 aromatic carbocycles. The first-order valence-electron chi connectivity index (χ1n) is 21.2. The van der Waals surface area contributed by atoms with Crippen LogP contribution in [0.3, 0.4) is 0 Å². The number of aromatic nitrogens is 4. The van der Waals surface area contributed by atoms with E-state index in [9.17, 15) is 0 Å². The fourth-order valence-electron chi connectivity index (χ4n) is 8.64. The molecule has 0 unspecified atom stereocenters. The molecule has 3 aromatic heterocycles. The van der Waals surface area contributed by atoms with Gasteiger partial charge in [-0.3, -0.25) is 0 Å². The minimum absolute atomic E-state index is 0.575. The van der Waals surface area contributed by atoms with Crippen LogP contribution in [0.15, 0.2) is 219 Å². The van der Waals surface area contributed by atoms with Gasteiger partial charge in [0.05, 0.1) is 15.7 Å². The number of fused-ring (bicyclic) bond motifs is 7. The second-order valence-corrected chi connectivity index (χ2v) is 16.7. The summed E-state index contributed by atoms with van der Waals surface area (Å²) >= 11 is 1.85. The molecular formula is C58H40N4S. The summed E-state index contributed by atoms with van der Waals surface area (Å²) in [6, 6.07) is 66.4. The number of hydrogen-bond donors (Lipinski definition) is 0. The smallest absolute Gasteiger partial charge is 0.164 e. The van der Waals surface area contributed by atoms with Crippen LogP contribution in [0.25, 0.3) is 110 Å². The van der Waals surface area contributed by atoms with E-state index in [2.05, 4.69) is 193 Å². The molecule has 11 aromatic rings. The van der Waals surface area contributed by atoms with Crippen LogP contribution in [0.4, 0.5) is 0 Å². The lowest BCUT2D eigenvalue weighted by Gasteiger charge is -2.16. The molecule has 0 saturated carbocycles. The Kier molecular flexibility index (Phi) is 9.72. The predicted octanol–water partition coefficient (Wildman–Crippen LogP) is 15.8. The van der Waals surface area contributed by atoms with E-state index >= 15 is 0 Å². The molecule has 11 rings (SSSR count). The van der Waals surface area contributed by atoms with Gasteiger partial charge in [-0.15, -0.1) is 11.3 Å². The van der Waals surface area contributed by atoms with Gasteiger partial charge in [0.25, 0.3) is 0 Å². The van der Waals surface area contributed by atoms with E-state index in [0.29, 0.717) is 17.5 Å². The molecule has 0 saturated heterocycles. The molecule has 4 nitrogen and oxygen atoms in total. The van der Waals surface area contributed by atoms with Crippen molar-refractivity contribution in [2.75, 3.05) is 0 Å². The van der Waals surface area contributed by atoms with E-state index in [1.807, 2.05) is 48.6 Å². The number of benzene rings is 8. The second-order valence-electron chi connectivity index (χ2n) is 15.6. The van der Waals surface area contributed by atoms with Crippen LogP contribution in [-0.4, -0.2) is 19.5 Å². The standard InChI is InChI=1S/C58H40N4S/c1-3-4-7-16-38(2)51-37-45(62-52-23-14-12-21-46(52)48-35-36-49-47-22-13-15-24-53(47)63-55(49)54(48)62)33-34-50(51)58-60-56(43-29-25-41(26-30-43)39-17-8-5-9-18-39)59-57(61-58)44-31-27-42(28-32-44)40-19-10-6-11-20-40/h3-37H,2H2,1H3/b4-3-,16-7-. The van der Waals surface area contributed by atoms with E-state index in [4.69, 9.17) is 15.0 Å². The van der Waals surface area contributed by atoms with Crippen LogP contribution in [0, 0.1) is 0 Å². The highest BCUT2D eigenvalue weighted by Crippen LogP contribution is 2.44. The maximum absolute atomic E-state index is 5.26. The van der Waals surface area contributed by atoms with Gasteiger partial charge in [0.15, 0.2) is 17.5 Å². The molecule has 3 heterocycles. The number of allylic oxidation sites excluding steroid dienone is 5. The first-order valence-corrected chi connectivity index (χ1v) is 22.0. The predicted molar refractivity (Wildman–Crippen MR) is 267 cm³/mol. The molecule has 0 aliphatic carbocycles. The molecule has 0 aliphatic heterocycles. The van der Waals surface area contributed by atoms with Crippen molar-refractivity contribution < 1.29 is 0 Å². The molecule has 0 N–H and O–H groups in total. The summed E-state index contributed by atoms with van der Waals surface area (Å²) in [5.74, 6) is 1.77. The Labute approximate surface area is 370 Å². The Morgan fingerprint density at radius 2 is 1.03 bits per heavy atom. The van der Waals surface area contributed by atoms with Gasteiger partial charge >= 0.3 is 0 Å². The van der Waals surface area contributed by atoms with Gasteiger partial charge in [-0.2, -0.15) is 0 Å². The average Bonchev–Trinajstić information content (AvgIpc) is 3.91. The van der Waals surface area contributed by atoms with Crippen molar-refractivity contribution in [3.8, 4) is 62.1 Å². The summed E-state index contributed by atoms with van der Waals surface area (Å²) in [4.78, 5) is 15.7. The first kappa shape index (κ1) is 38.0. The van der Waals surface area contributed by atoms with E-state index in [1.54, 1.807) is 0 Å². The molecule has 0 aliphatic rings. The minimum atomic E-state index is 0.575. The number of rotatable bonds is 9. The van der Waals surface area contributed by atoms with Crippen molar-refractivity contribution in [3.63, 3.8) is 0 Å². The van der Waals surface area contributed by atoms with Crippen molar-refractivity contribution in [3.05, 3.63) is 225 Å². The molecule has 0 amide bonds. The van der Waals surface area contributed by atoms with Gasteiger partial charge in [0.2, 0.25) is 0 Å².